The fourth-order valence-electron chi connectivity index (χ4n) is 4.84. The first kappa shape index (κ1) is 22.8. The smallest absolute Gasteiger partial charge is 0.309 e. The zero-order valence-corrected chi connectivity index (χ0v) is 18.8. The topological polar surface area (TPSA) is 74.6 Å². The Hall–Kier alpha value is -1.84. The third-order valence-electron chi connectivity index (χ3n) is 7.61. The zero-order valence-electron chi connectivity index (χ0n) is 18.8. The SMILES string of the molecule is Cc1cc(C)c(CCCCCC2(C(=O)O)CC2)cc1CCCCCC1(C(=O)O)CC1. The Balaban J connectivity index is 1.39. The van der Waals surface area contributed by atoms with Crippen LogP contribution in [0.5, 0.6) is 0 Å². The van der Waals surface area contributed by atoms with Crippen LogP contribution in [0.3, 0.4) is 0 Å². The third kappa shape index (κ3) is 5.65. The summed E-state index contributed by atoms with van der Waals surface area (Å²) in [6.07, 6.45) is 13.7. The van der Waals surface area contributed by atoms with Gasteiger partial charge >= 0.3 is 11.9 Å². The van der Waals surface area contributed by atoms with E-state index in [4.69, 9.17) is 0 Å². The Kier molecular flexibility index (Phi) is 7.26. The minimum absolute atomic E-state index is 0.378. The van der Waals surface area contributed by atoms with Gasteiger partial charge in [0.05, 0.1) is 10.8 Å². The number of rotatable bonds is 14. The molecule has 166 valence electrons. The molecule has 0 bridgehead atoms. The molecule has 0 heterocycles. The minimum atomic E-state index is -0.600. The molecular formula is C26H38O4. The van der Waals surface area contributed by atoms with E-state index in [1.54, 1.807) is 0 Å². The standard InChI is InChI=1S/C26H38O4/c1-19-17-20(2)22(10-6-4-8-12-26(15-16-26)24(29)30)18-21(19)9-5-3-7-11-25(13-14-25)23(27)28/h17-18H,3-16H2,1-2H3,(H,27,28)(H,29,30). The highest BCUT2D eigenvalue weighted by Crippen LogP contribution is 2.50. The zero-order chi connectivity index (χ0) is 21.8. The van der Waals surface area contributed by atoms with Crippen LogP contribution in [0.1, 0.15) is 99.3 Å². The summed E-state index contributed by atoms with van der Waals surface area (Å²) < 4.78 is 0. The Bertz CT molecular complexity index is 710. The fourth-order valence-corrected chi connectivity index (χ4v) is 4.84. The van der Waals surface area contributed by atoms with Gasteiger partial charge in [0, 0.05) is 0 Å². The number of unbranched alkanes of at least 4 members (excludes halogenated alkanes) is 4. The molecule has 0 unspecified atom stereocenters. The average Bonchev–Trinajstić information content (AvgIpc) is 3.59. The lowest BCUT2D eigenvalue weighted by atomic mass is 9.92. The molecule has 0 spiro atoms. The number of benzene rings is 1. The summed E-state index contributed by atoms with van der Waals surface area (Å²) in [6.45, 7) is 4.38. The van der Waals surface area contributed by atoms with Crippen molar-refractivity contribution in [3.63, 3.8) is 0 Å². The van der Waals surface area contributed by atoms with Gasteiger partial charge in [-0.05, 0) is 100 Å². The van der Waals surface area contributed by atoms with Crippen molar-refractivity contribution in [3.8, 4) is 0 Å². The third-order valence-corrected chi connectivity index (χ3v) is 7.61. The molecule has 4 nitrogen and oxygen atoms in total. The summed E-state index contributed by atoms with van der Waals surface area (Å²) in [5, 5.41) is 18.6. The van der Waals surface area contributed by atoms with Crippen molar-refractivity contribution >= 4 is 11.9 Å². The van der Waals surface area contributed by atoms with Crippen LogP contribution < -0.4 is 0 Å². The summed E-state index contributed by atoms with van der Waals surface area (Å²) in [4.78, 5) is 22.5. The molecule has 0 aliphatic heterocycles. The highest BCUT2D eigenvalue weighted by molar-refractivity contribution is 5.78. The number of hydrogen-bond donors (Lipinski definition) is 2. The van der Waals surface area contributed by atoms with Crippen LogP contribution in [0.2, 0.25) is 0 Å². The number of carbonyl (C=O) groups is 2. The second-order valence-corrected chi connectivity index (χ2v) is 10.00. The molecule has 0 aromatic heterocycles. The molecule has 0 atom stereocenters. The van der Waals surface area contributed by atoms with Gasteiger partial charge in [-0.25, -0.2) is 0 Å². The Morgan fingerprint density at radius 3 is 1.43 bits per heavy atom. The molecule has 30 heavy (non-hydrogen) atoms. The first-order chi connectivity index (χ1) is 14.3. The van der Waals surface area contributed by atoms with Gasteiger partial charge in [-0.15, -0.1) is 0 Å². The summed E-state index contributed by atoms with van der Waals surface area (Å²) in [6, 6.07) is 4.68. The molecule has 2 N–H and O–H groups in total. The van der Waals surface area contributed by atoms with E-state index in [0.29, 0.717) is 0 Å². The maximum Gasteiger partial charge on any atom is 0.309 e. The number of aryl methyl sites for hydroxylation is 4. The van der Waals surface area contributed by atoms with Gasteiger partial charge in [-0.3, -0.25) is 9.59 Å². The van der Waals surface area contributed by atoms with Crippen LogP contribution in [0.4, 0.5) is 0 Å². The van der Waals surface area contributed by atoms with Gasteiger partial charge in [0.25, 0.3) is 0 Å². The van der Waals surface area contributed by atoms with Crippen molar-refractivity contribution in [2.75, 3.05) is 0 Å². The van der Waals surface area contributed by atoms with Crippen LogP contribution in [0, 0.1) is 24.7 Å². The van der Waals surface area contributed by atoms with Crippen molar-refractivity contribution in [2.24, 2.45) is 10.8 Å². The van der Waals surface area contributed by atoms with E-state index in [0.717, 1.165) is 89.9 Å². The maximum atomic E-state index is 11.3. The van der Waals surface area contributed by atoms with Gasteiger partial charge in [0.2, 0.25) is 0 Å². The molecule has 2 saturated carbocycles. The second-order valence-electron chi connectivity index (χ2n) is 10.00. The molecule has 0 saturated heterocycles. The molecule has 2 aliphatic rings. The molecule has 1 aromatic carbocycles. The summed E-state index contributed by atoms with van der Waals surface area (Å²) in [7, 11) is 0. The van der Waals surface area contributed by atoms with E-state index in [1.165, 1.54) is 22.3 Å². The second kappa shape index (κ2) is 9.53. The first-order valence-corrected chi connectivity index (χ1v) is 11.8. The van der Waals surface area contributed by atoms with Crippen molar-refractivity contribution in [1.82, 2.24) is 0 Å². The van der Waals surface area contributed by atoms with Gasteiger partial charge in [-0.1, -0.05) is 37.8 Å². The van der Waals surface area contributed by atoms with Crippen LogP contribution in [0.15, 0.2) is 12.1 Å². The lowest BCUT2D eigenvalue weighted by Gasteiger charge is -2.14. The largest absolute Gasteiger partial charge is 0.481 e. The van der Waals surface area contributed by atoms with E-state index >= 15 is 0 Å². The molecule has 0 amide bonds. The Morgan fingerprint density at radius 2 is 1.10 bits per heavy atom. The van der Waals surface area contributed by atoms with E-state index in [9.17, 15) is 19.8 Å². The Morgan fingerprint density at radius 1 is 0.700 bits per heavy atom. The van der Waals surface area contributed by atoms with Crippen LogP contribution in [-0.4, -0.2) is 22.2 Å². The monoisotopic (exact) mass is 414 g/mol. The fraction of sp³-hybridized carbons (Fsp3) is 0.692. The van der Waals surface area contributed by atoms with Crippen LogP contribution in [0.25, 0.3) is 0 Å². The lowest BCUT2D eigenvalue weighted by Crippen LogP contribution is -2.14. The number of hydrogen-bond acceptors (Lipinski definition) is 2. The van der Waals surface area contributed by atoms with Gasteiger partial charge in [-0.2, -0.15) is 0 Å². The molecule has 0 radical (unpaired) electrons. The number of carboxylic acids is 2. The summed E-state index contributed by atoms with van der Waals surface area (Å²) in [5.74, 6) is -1.20. The van der Waals surface area contributed by atoms with Gasteiger partial charge in [0.1, 0.15) is 0 Å². The van der Waals surface area contributed by atoms with Crippen LogP contribution in [-0.2, 0) is 22.4 Å². The van der Waals surface area contributed by atoms with E-state index in [1.807, 2.05) is 0 Å². The van der Waals surface area contributed by atoms with Crippen molar-refractivity contribution in [2.45, 2.75) is 104 Å². The van der Waals surface area contributed by atoms with Crippen molar-refractivity contribution in [3.05, 3.63) is 34.4 Å². The first-order valence-electron chi connectivity index (χ1n) is 11.8. The highest BCUT2D eigenvalue weighted by Gasteiger charge is 2.49. The van der Waals surface area contributed by atoms with E-state index in [2.05, 4.69) is 26.0 Å². The quantitative estimate of drug-likeness (QED) is 0.353. The molecule has 2 fully saturated rings. The molecule has 3 rings (SSSR count). The van der Waals surface area contributed by atoms with E-state index < -0.39 is 11.9 Å². The normalized spacial score (nSPS) is 18.2. The minimum Gasteiger partial charge on any atom is -0.481 e. The highest BCUT2D eigenvalue weighted by atomic mass is 16.4. The molecule has 4 heteroatoms. The van der Waals surface area contributed by atoms with Gasteiger partial charge < -0.3 is 10.2 Å². The number of aliphatic carboxylic acids is 2. The Labute approximate surface area is 181 Å². The molecule has 1 aromatic rings. The van der Waals surface area contributed by atoms with Crippen LogP contribution >= 0.6 is 0 Å². The number of carboxylic acid groups (broad SMARTS) is 2. The predicted molar refractivity (Wildman–Crippen MR) is 119 cm³/mol. The van der Waals surface area contributed by atoms with E-state index in [-0.39, 0.29) is 10.8 Å². The van der Waals surface area contributed by atoms with Crippen molar-refractivity contribution < 1.29 is 19.8 Å². The lowest BCUT2D eigenvalue weighted by molar-refractivity contribution is -0.144. The average molecular weight is 415 g/mol. The summed E-state index contributed by atoms with van der Waals surface area (Å²) in [5.41, 5.74) is 4.82. The predicted octanol–water partition coefficient (Wildman–Crippen LogP) is 6.24. The summed E-state index contributed by atoms with van der Waals surface area (Å²) >= 11 is 0. The van der Waals surface area contributed by atoms with Crippen molar-refractivity contribution in [1.29, 1.82) is 0 Å². The molecule has 2 aliphatic carbocycles. The molecular weight excluding hydrogens is 376 g/mol. The van der Waals surface area contributed by atoms with Gasteiger partial charge in [0.15, 0.2) is 0 Å². The maximum absolute atomic E-state index is 11.3.